The summed E-state index contributed by atoms with van der Waals surface area (Å²) in [4.78, 5) is 18.7. The molecule has 0 radical (unpaired) electrons. The van der Waals surface area contributed by atoms with Crippen molar-refractivity contribution in [1.82, 2.24) is 19.9 Å². The molecular weight excluding hydrogens is 481 g/mol. The molecule has 3 aromatic rings. The zero-order valence-electron chi connectivity index (χ0n) is 18.9. The number of hydrogen-bond donors (Lipinski definition) is 3. The summed E-state index contributed by atoms with van der Waals surface area (Å²) in [6.45, 7) is 7.50. The van der Waals surface area contributed by atoms with Gasteiger partial charge < -0.3 is 21.7 Å². The van der Waals surface area contributed by atoms with Crippen molar-refractivity contribution in [2.24, 2.45) is 5.73 Å². The molecule has 1 aliphatic heterocycles. The molecule has 0 atom stereocenters. The molecular formula is C23H24ClF3N8. The number of nitrogens with one attached hydrogen (secondary N) is 1. The van der Waals surface area contributed by atoms with Gasteiger partial charge in [-0.3, -0.25) is 4.98 Å². The van der Waals surface area contributed by atoms with Crippen LogP contribution in [0.5, 0.6) is 0 Å². The first-order chi connectivity index (χ1) is 16.5. The number of pyridine rings is 2. The SMILES string of the molecule is C=C(Nc1ncccc1N1CCC(C)(N)CC1)c1nc(-c2nccc(Cl)c2C(F)(F)F)cnc1N. The Bertz CT molecular complexity index is 1250. The third-order valence-corrected chi connectivity index (χ3v) is 6.13. The van der Waals surface area contributed by atoms with Crippen LogP contribution in [0, 0.1) is 0 Å². The Labute approximate surface area is 205 Å². The Balaban J connectivity index is 1.65. The number of hydrogen-bond acceptors (Lipinski definition) is 8. The molecule has 0 spiro atoms. The Morgan fingerprint density at radius 1 is 1.17 bits per heavy atom. The zero-order chi connectivity index (χ0) is 25.4. The molecule has 3 aromatic heterocycles. The molecule has 4 heterocycles. The molecule has 4 rings (SSSR count). The number of aromatic nitrogens is 4. The van der Waals surface area contributed by atoms with Gasteiger partial charge in [-0.2, -0.15) is 13.2 Å². The third-order valence-electron chi connectivity index (χ3n) is 5.81. The molecule has 0 unspecified atom stereocenters. The quantitative estimate of drug-likeness (QED) is 0.461. The number of nitrogen functional groups attached to an aromatic ring is 1. The maximum atomic E-state index is 13.6. The highest BCUT2D eigenvalue weighted by atomic mass is 35.5. The molecule has 8 nitrogen and oxygen atoms in total. The van der Waals surface area contributed by atoms with E-state index in [-0.39, 0.29) is 28.4 Å². The minimum absolute atomic E-state index is 0.0174. The number of piperidine rings is 1. The fraction of sp³-hybridized carbons (Fsp3) is 0.304. The van der Waals surface area contributed by atoms with Crippen molar-refractivity contribution >= 4 is 34.6 Å². The summed E-state index contributed by atoms with van der Waals surface area (Å²) < 4.78 is 40.9. The smallest absolute Gasteiger partial charge is 0.382 e. The van der Waals surface area contributed by atoms with Gasteiger partial charge in [-0.15, -0.1) is 0 Å². The molecule has 1 fully saturated rings. The van der Waals surface area contributed by atoms with Crippen LogP contribution >= 0.6 is 11.6 Å². The number of anilines is 3. The van der Waals surface area contributed by atoms with Gasteiger partial charge in [0, 0.05) is 31.0 Å². The number of nitrogens with zero attached hydrogens (tertiary/aromatic N) is 5. The molecule has 184 valence electrons. The molecule has 1 saturated heterocycles. The van der Waals surface area contributed by atoms with Crippen LogP contribution in [0.25, 0.3) is 17.1 Å². The largest absolute Gasteiger partial charge is 0.420 e. The lowest BCUT2D eigenvalue weighted by Gasteiger charge is -2.38. The number of rotatable bonds is 5. The predicted molar refractivity (Wildman–Crippen MR) is 131 cm³/mol. The average Bonchev–Trinajstić information content (AvgIpc) is 2.79. The lowest BCUT2D eigenvalue weighted by Crippen LogP contribution is -2.48. The third kappa shape index (κ3) is 5.30. The topological polar surface area (TPSA) is 119 Å². The van der Waals surface area contributed by atoms with Gasteiger partial charge in [0.15, 0.2) is 11.6 Å². The van der Waals surface area contributed by atoms with Crippen molar-refractivity contribution in [3.05, 3.63) is 59.6 Å². The van der Waals surface area contributed by atoms with Gasteiger partial charge in [0.2, 0.25) is 0 Å². The van der Waals surface area contributed by atoms with E-state index < -0.39 is 22.5 Å². The molecule has 35 heavy (non-hydrogen) atoms. The van der Waals surface area contributed by atoms with E-state index in [0.717, 1.165) is 43.9 Å². The van der Waals surface area contributed by atoms with E-state index in [1.54, 1.807) is 6.20 Å². The Morgan fingerprint density at radius 2 is 1.89 bits per heavy atom. The van der Waals surface area contributed by atoms with E-state index in [1.807, 2.05) is 19.1 Å². The fourth-order valence-corrected chi connectivity index (χ4v) is 4.10. The van der Waals surface area contributed by atoms with E-state index in [4.69, 9.17) is 23.1 Å². The molecule has 0 bridgehead atoms. The molecule has 0 amide bonds. The maximum Gasteiger partial charge on any atom is 0.420 e. The lowest BCUT2D eigenvalue weighted by molar-refractivity contribution is -0.137. The number of alkyl halides is 3. The van der Waals surface area contributed by atoms with Gasteiger partial charge in [0.25, 0.3) is 0 Å². The summed E-state index contributed by atoms with van der Waals surface area (Å²) in [5.74, 6) is 0.484. The normalized spacial score (nSPS) is 15.7. The summed E-state index contributed by atoms with van der Waals surface area (Å²) >= 11 is 5.83. The summed E-state index contributed by atoms with van der Waals surface area (Å²) in [6.07, 6.45) is 0.795. The van der Waals surface area contributed by atoms with Crippen molar-refractivity contribution in [1.29, 1.82) is 0 Å². The fourth-order valence-electron chi connectivity index (χ4n) is 3.85. The first-order valence-corrected chi connectivity index (χ1v) is 11.1. The second-order valence-electron chi connectivity index (χ2n) is 8.62. The van der Waals surface area contributed by atoms with Crippen molar-refractivity contribution in [2.75, 3.05) is 29.0 Å². The van der Waals surface area contributed by atoms with Crippen LogP contribution in [0.2, 0.25) is 5.02 Å². The van der Waals surface area contributed by atoms with Crippen molar-refractivity contribution in [3.63, 3.8) is 0 Å². The van der Waals surface area contributed by atoms with Crippen LogP contribution in [0.15, 0.2) is 43.4 Å². The molecule has 0 saturated carbocycles. The van der Waals surface area contributed by atoms with Crippen molar-refractivity contribution < 1.29 is 13.2 Å². The van der Waals surface area contributed by atoms with Gasteiger partial charge in [-0.1, -0.05) is 18.2 Å². The summed E-state index contributed by atoms with van der Waals surface area (Å²) in [6, 6.07) is 4.80. The second kappa shape index (κ2) is 9.31. The highest BCUT2D eigenvalue weighted by Crippen LogP contribution is 2.40. The average molecular weight is 505 g/mol. The van der Waals surface area contributed by atoms with Gasteiger partial charge in [-0.05, 0) is 38.0 Å². The Hall–Kier alpha value is -3.44. The summed E-state index contributed by atoms with van der Waals surface area (Å²) in [7, 11) is 0. The minimum atomic E-state index is -4.74. The predicted octanol–water partition coefficient (Wildman–Crippen LogP) is 4.59. The second-order valence-corrected chi connectivity index (χ2v) is 9.03. The lowest BCUT2D eigenvalue weighted by atomic mass is 9.91. The van der Waals surface area contributed by atoms with Crippen LogP contribution in [-0.4, -0.2) is 38.6 Å². The van der Waals surface area contributed by atoms with Crippen molar-refractivity contribution in [3.8, 4) is 11.4 Å². The number of halogens is 4. The molecule has 0 aliphatic carbocycles. The minimum Gasteiger partial charge on any atom is -0.382 e. The Kier molecular flexibility index (Phi) is 6.56. The Morgan fingerprint density at radius 3 is 2.57 bits per heavy atom. The summed E-state index contributed by atoms with van der Waals surface area (Å²) in [5.41, 5.74) is 11.5. The first-order valence-electron chi connectivity index (χ1n) is 10.8. The molecule has 0 aromatic carbocycles. The van der Waals surface area contributed by atoms with Crippen LogP contribution in [0.1, 0.15) is 31.0 Å². The standard InChI is InChI=1S/C23H24ClF3N8/c1-13(33-21-16(4-3-8-31-21)35-10-6-22(2,29)7-11-35)18-20(28)32-12-15(34-18)19-17(23(25,26)27)14(24)5-9-30-19/h3-5,8-9,12H,1,6-7,10-11,29H2,2H3,(H2,28,32)(H,31,33). The van der Waals surface area contributed by atoms with Crippen LogP contribution in [-0.2, 0) is 6.18 Å². The van der Waals surface area contributed by atoms with Crippen LogP contribution < -0.4 is 21.7 Å². The monoisotopic (exact) mass is 504 g/mol. The zero-order valence-corrected chi connectivity index (χ0v) is 19.7. The van der Waals surface area contributed by atoms with Gasteiger partial charge in [-0.25, -0.2) is 15.0 Å². The highest BCUT2D eigenvalue weighted by molar-refractivity contribution is 6.31. The molecule has 5 N–H and O–H groups in total. The van der Waals surface area contributed by atoms with Crippen LogP contribution in [0.3, 0.4) is 0 Å². The van der Waals surface area contributed by atoms with Crippen LogP contribution in [0.4, 0.5) is 30.5 Å². The van der Waals surface area contributed by atoms with E-state index >= 15 is 0 Å². The number of nitrogens with two attached hydrogens (primary N) is 2. The van der Waals surface area contributed by atoms with Gasteiger partial charge >= 0.3 is 6.18 Å². The van der Waals surface area contributed by atoms with E-state index in [0.29, 0.717) is 5.82 Å². The van der Waals surface area contributed by atoms with E-state index in [2.05, 4.69) is 36.7 Å². The van der Waals surface area contributed by atoms with Gasteiger partial charge in [0.05, 0.1) is 22.6 Å². The molecule has 12 heteroatoms. The summed E-state index contributed by atoms with van der Waals surface area (Å²) in [5, 5.41) is 2.60. The maximum absolute atomic E-state index is 13.6. The first kappa shape index (κ1) is 24.7. The highest BCUT2D eigenvalue weighted by Gasteiger charge is 2.38. The van der Waals surface area contributed by atoms with E-state index in [1.165, 1.54) is 6.20 Å². The van der Waals surface area contributed by atoms with Crippen molar-refractivity contribution in [2.45, 2.75) is 31.5 Å². The van der Waals surface area contributed by atoms with E-state index in [9.17, 15) is 13.2 Å². The van der Waals surface area contributed by atoms with Gasteiger partial charge in [0.1, 0.15) is 22.6 Å². The molecule has 1 aliphatic rings.